The van der Waals surface area contributed by atoms with Gasteiger partial charge in [0.25, 0.3) is 0 Å². The lowest BCUT2D eigenvalue weighted by atomic mass is 10.2. The Morgan fingerprint density at radius 3 is 3.19 bits per heavy atom. The first-order chi connectivity index (χ1) is 7.83. The summed E-state index contributed by atoms with van der Waals surface area (Å²) in [5.74, 6) is 0. The third-order valence-corrected chi connectivity index (χ3v) is 3.44. The Labute approximate surface area is 98.2 Å². The maximum atomic E-state index is 4.48. The molecule has 0 spiro atoms. The van der Waals surface area contributed by atoms with Gasteiger partial charge >= 0.3 is 0 Å². The standard InChI is InChI=1S/C13H11N2S/c1-10-14-12(9-16-10)8-15-7-6-11-4-2-3-5-13(11)15/h3-7,9H,8H2,1H3. The van der Waals surface area contributed by atoms with Gasteiger partial charge in [0.2, 0.25) is 0 Å². The molecular formula is C13H11N2S. The van der Waals surface area contributed by atoms with Crippen molar-refractivity contribution in [2.24, 2.45) is 0 Å². The topological polar surface area (TPSA) is 17.8 Å². The van der Waals surface area contributed by atoms with E-state index in [1.54, 1.807) is 11.3 Å². The Kier molecular flexibility index (Phi) is 2.26. The van der Waals surface area contributed by atoms with Crippen LogP contribution in [0.4, 0.5) is 0 Å². The molecule has 0 aliphatic rings. The lowest BCUT2D eigenvalue weighted by Crippen LogP contribution is -1.97. The van der Waals surface area contributed by atoms with Gasteiger partial charge in [-0.3, -0.25) is 0 Å². The first-order valence-corrected chi connectivity index (χ1v) is 6.07. The van der Waals surface area contributed by atoms with Crippen LogP contribution >= 0.6 is 11.3 Å². The fourth-order valence-corrected chi connectivity index (χ4v) is 2.48. The van der Waals surface area contributed by atoms with Crippen LogP contribution in [0.15, 0.2) is 35.8 Å². The summed E-state index contributed by atoms with van der Waals surface area (Å²) in [5, 5.41) is 4.48. The number of benzene rings is 1. The summed E-state index contributed by atoms with van der Waals surface area (Å²) in [7, 11) is 0. The molecule has 3 aromatic rings. The molecular weight excluding hydrogens is 216 g/mol. The summed E-state index contributed by atoms with van der Waals surface area (Å²) in [6, 6.07) is 11.3. The highest BCUT2D eigenvalue weighted by molar-refractivity contribution is 7.09. The second-order valence-corrected chi connectivity index (χ2v) is 4.85. The number of rotatable bonds is 2. The van der Waals surface area contributed by atoms with Crippen LogP contribution in [0.2, 0.25) is 0 Å². The van der Waals surface area contributed by atoms with Gasteiger partial charge in [0, 0.05) is 22.5 Å². The molecule has 0 atom stereocenters. The third kappa shape index (κ3) is 1.63. The molecule has 0 bridgehead atoms. The van der Waals surface area contributed by atoms with Crippen LogP contribution < -0.4 is 0 Å². The van der Waals surface area contributed by atoms with Crippen LogP contribution in [0.25, 0.3) is 10.9 Å². The number of fused-ring (bicyclic) bond motifs is 1. The Hall–Kier alpha value is -1.61. The van der Waals surface area contributed by atoms with Crippen LogP contribution in [0.5, 0.6) is 0 Å². The second-order valence-electron chi connectivity index (χ2n) is 3.79. The largest absolute Gasteiger partial charge is 0.341 e. The fourth-order valence-electron chi connectivity index (χ4n) is 1.87. The van der Waals surface area contributed by atoms with E-state index < -0.39 is 0 Å². The third-order valence-electron chi connectivity index (χ3n) is 2.61. The molecule has 2 aromatic heterocycles. The first kappa shape index (κ1) is 9.60. The van der Waals surface area contributed by atoms with Crippen molar-refractivity contribution >= 4 is 22.2 Å². The Morgan fingerprint density at radius 1 is 1.44 bits per heavy atom. The van der Waals surface area contributed by atoms with Gasteiger partial charge in [0.15, 0.2) is 0 Å². The van der Waals surface area contributed by atoms with Crippen molar-refractivity contribution in [1.29, 1.82) is 0 Å². The molecule has 16 heavy (non-hydrogen) atoms. The van der Waals surface area contributed by atoms with Crippen molar-refractivity contribution in [3.05, 3.63) is 52.6 Å². The summed E-state index contributed by atoms with van der Waals surface area (Å²) < 4.78 is 2.22. The molecule has 3 heteroatoms. The van der Waals surface area contributed by atoms with E-state index in [1.807, 2.05) is 19.1 Å². The first-order valence-electron chi connectivity index (χ1n) is 5.19. The number of hydrogen-bond donors (Lipinski definition) is 0. The van der Waals surface area contributed by atoms with E-state index in [0.717, 1.165) is 17.2 Å². The number of nitrogens with zero attached hydrogens (tertiary/aromatic N) is 2. The monoisotopic (exact) mass is 227 g/mol. The van der Waals surface area contributed by atoms with Gasteiger partial charge in [0.1, 0.15) is 0 Å². The highest BCUT2D eigenvalue weighted by Crippen LogP contribution is 2.17. The van der Waals surface area contributed by atoms with Crippen LogP contribution in [-0.2, 0) is 6.54 Å². The molecule has 1 radical (unpaired) electrons. The normalized spacial score (nSPS) is 11.1. The molecule has 0 saturated carbocycles. The van der Waals surface area contributed by atoms with Crippen LogP contribution in [-0.4, -0.2) is 9.55 Å². The summed E-state index contributed by atoms with van der Waals surface area (Å²) in [5.41, 5.74) is 2.37. The zero-order chi connectivity index (χ0) is 11.0. The molecule has 1 aromatic carbocycles. The Balaban J connectivity index is 2.00. The minimum absolute atomic E-state index is 0.845. The minimum Gasteiger partial charge on any atom is -0.341 e. The van der Waals surface area contributed by atoms with Crippen LogP contribution in [0, 0.1) is 13.0 Å². The number of aromatic nitrogens is 2. The summed E-state index contributed by atoms with van der Waals surface area (Å²) in [6.45, 7) is 2.88. The number of aryl methyl sites for hydroxylation is 1. The average Bonchev–Trinajstić information content (AvgIpc) is 2.87. The van der Waals surface area contributed by atoms with Gasteiger partial charge in [0.05, 0.1) is 17.2 Å². The summed E-state index contributed by atoms with van der Waals surface area (Å²) >= 11 is 1.70. The second kappa shape index (κ2) is 3.76. The van der Waals surface area contributed by atoms with E-state index in [-0.39, 0.29) is 0 Å². The van der Waals surface area contributed by atoms with Crippen molar-refractivity contribution in [1.82, 2.24) is 9.55 Å². The minimum atomic E-state index is 0.845. The molecule has 2 heterocycles. The van der Waals surface area contributed by atoms with E-state index in [9.17, 15) is 0 Å². The molecule has 0 aliphatic carbocycles. The molecule has 0 fully saturated rings. The van der Waals surface area contributed by atoms with Crippen molar-refractivity contribution in [3.8, 4) is 0 Å². The lowest BCUT2D eigenvalue weighted by molar-refractivity contribution is 0.812. The van der Waals surface area contributed by atoms with E-state index in [0.29, 0.717) is 0 Å². The van der Waals surface area contributed by atoms with Gasteiger partial charge in [-0.1, -0.05) is 6.07 Å². The van der Waals surface area contributed by atoms with Crippen LogP contribution in [0.1, 0.15) is 10.7 Å². The zero-order valence-corrected chi connectivity index (χ0v) is 9.79. The lowest BCUT2D eigenvalue weighted by Gasteiger charge is -2.02. The van der Waals surface area contributed by atoms with E-state index in [1.165, 1.54) is 10.9 Å². The maximum Gasteiger partial charge on any atom is 0.0898 e. The predicted molar refractivity (Wildman–Crippen MR) is 66.7 cm³/mol. The predicted octanol–water partition coefficient (Wildman–Crippen LogP) is 3.25. The van der Waals surface area contributed by atoms with Crippen molar-refractivity contribution in [2.45, 2.75) is 13.5 Å². The Bertz CT molecular complexity index is 621. The SMILES string of the molecule is Cc1nc(Cn2ccc3c[c]ccc32)cs1. The number of hydrogen-bond acceptors (Lipinski definition) is 2. The van der Waals surface area contributed by atoms with Gasteiger partial charge in [-0.05, 0) is 31.2 Å². The zero-order valence-electron chi connectivity index (χ0n) is 8.97. The number of thiazole rings is 1. The van der Waals surface area contributed by atoms with Gasteiger partial charge in [-0.2, -0.15) is 0 Å². The van der Waals surface area contributed by atoms with Crippen molar-refractivity contribution in [2.75, 3.05) is 0 Å². The van der Waals surface area contributed by atoms with E-state index >= 15 is 0 Å². The fraction of sp³-hybridized carbons (Fsp3) is 0.154. The van der Waals surface area contributed by atoms with Gasteiger partial charge < -0.3 is 4.57 Å². The molecule has 0 aliphatic heterocycles. The van der Waals surface area contributed by atoms with Gasteiger partial charge in [-0.25, -0.2) is 4.98 Å². The maximum absolute atomic E-state index is 4.48. The summed E-state index contributed by atoms with van der Waals surface area (Å²) in [4.78, 5) is 4.48. The molecule has 0 saturated heterocycles. The summed E-state index contributed by atoms with van der Waals surface area (Å²) in [6.07, 6.45) is 2.10. The Morgan fingerprint density at radius 2 is 2.38 bits per heavy atom. The van der Waals surface area contributed by atoms with Gasteiger partial charge in [-0.15, -0.1) is 11.3 Å². The molecule has 0 N–H and O–H groups in total. The van der Waals surface area contributed by atoms with E-state index in [2.05, 4.69) is 39.3 Å². The highest BCUT2D eigenvalue weighted by Gasteiger charge is 2.03. The molecule has 2 nitrogen and oxygen atoms in total. The molecule has 79 valence electrons. The van der Waals surface area contributed by atoms with Crippen molar-refractivity contribution < 1.29 is 0 Å². The average molecular weight is 227 g/mol. The van der Waals surface area contributed by atoms with Crippen molar-refractivity contribution in [3.63, 3.8) is 0 Å². The quantitative estimate of drug-likeness (QED) is 0.657. The smallest absolute Gasteiger partial charge is 0.0898 e. The highest BCUT2D eigenvalue weighted by atomic mass is 32.1. The van der Waals surface area contributed by atoms with Crippen LogP contribution in [0.3, 0.4) is 0 Å². The molecule has 0 amide bonds. The molecule has 3 rings (SSSR count). The molecule has 0 unspecified atom stereocenters. The van der Waals surface area contributed by atoms with E-state index in [4.69, 9.17) is 0 Å².